The number of hydrogen-bond donors (Lipinski definition) is 4. The van der Waals surface area contributed by atoms with Gasteiger partial charge in [-0.05, 0) is 36.2 Å². The van der Waals surface area contributed by atoms with Gasteiger partial charge in [-0.2, -0.15) is 0 Å². The van der Waals surface area contributed by atoms with E-state index in [1.807, 2.05) is 19.1 Å². The van der Waals surface area contributed by atoms with Gasteiger partial charge in [0.15, 0.2) is 0 Å². The van der Waals surface area contributed by atoms with E-state index in [-0.39, 0.29) is 12.5 Å². The van der Waals surface area contributed by atoms with Crippen molar-refractivity contribution in [2.24, 2.45) is 0 Å². The summed E-state index contributed by atoms with van der Waals surface area (Å²) in [4.78, 5) is 14.8. The molecule has 0 amide bonds. The minimum atomic E-state index is -0.876. The molecule has 0 aliphatic rings. The molecule has 7 heteroatoms. The van der Waals surface area contributed by atoms with Crippen molar-refractivity contribution in [2.45, 2.75) is 25.5 Å². The zero-order chi connectivity index (χ0) is 18.2. The number of halogens is 1. The third kappa shape index (κ3) is 6.70. The average molecular weight is 364 g/mol. The molecular formula is C18H22ClN3O3. The number of benzene rings is 1. The Bertz CT molecular complexity index is 694. The third-order valence-corrected chi connectivity index (χ3v) is 3.90. The van der Waals surface area contributed by atoms with Gasteiger partial charge >= 0.3 is 5.97 Å². The molecular weight excluding hydrogens is 342 g/mol. The van der Waals surface area contributed by atoms with Crippen molar-refractivity contribution in [2.75, 3.05) is 18.4 Å². The largest absolute Gasteiger partial charge is 0.481 e. The summed E-state index contributed by atoms with van der Waals surface area (Å²) < 4.78 is 0. The molecule has 4 N–H and O–H groups in total. The number of rotatable bonds is 9. The van der Waals surface area contributed by atoms with Gasteiger partial charge < -0.3 is 20.8 Å². The molecule has 0 saturated heterocycles. The fourth-order valence-corrected chi connectivity index (χ4v) is 2.48. The van der Waals surface area contributed by atoms with Crippen LogP contribution in [-0.4, -0.2) is 40.3 Å². The van der Waals surface area contributed by atoms with Gasteiger partial charge in [-0.1, -0.05) is 29.8 Å². The summed E-state index contributed by atoms with van der Waals surface area (Å²) in [6.07, 6.45) is 0.888. The first kappa shape index (κ1) is 19.2. The fraction of sp³-hybridized carbons (Fsp3) is 0.333. The number of anilines is 1. The molecule has 0 unspecified atom stereocenters. The van der Waals surface area contributed by atoms with Crippen molar-refractivity contribution in [1.82, 2.24) is 10.3 Å². The molecule has 0 saturated carbocycles. The van der Waals surface area contributed by atoms with Crippen LogP contribution in [0.15, 0.2) is 42.6 Å². The Kier molecular flexibility index (Phi) is 7.18. The molecule has 2 atom stereocenters. The number of aliphatic hydroxyl groups excluding tert-OH is 1. The fourth-order valence-electron chi connectivity index (χ4n) is 2.28. The van der Waals surface area contributed by atoms with E-state index in [9.17, 15) is 9.90 Å². The Hall–Kier alpha value is -2.15. The topological polar surface area (TPSA) is 94.5 Å². The van der Waals surface area contributed by atoms with Crippen LogP contribution in [0.4, 0.5) is 5.82 Å². The monoisotopic (exact) mass is 363 g/mol. The number of carboxylic acid groups (broad SMARTS) is 1. The lowest BCUT2D eigenvalue weighted by Gasteiger charge is -2.18. The molecule has 0 spiro atoms. The van der Waals surface area contributed by atoms with E-state index >= 15 is 0 Å². The zero-order valence-electron chi connectivity index (χ0n) is 13.9. The highest BCUT2D eigenvalue weighted by molar-refractivity contribution is 6.30. The first-order valence-electron chi connectivity index (χ1n) is 8.01. The number of carbonyl (C=O) groups is 1. The molecule has 1 aromatic carbocycles. The predicted octanol–water partition coefficient (Wildman–Crippen LogP) is 2.49. The maximum atomic E-state index is 10.6. The molecule has 0 aliphatic heterocycles. The molecule has 2 rings (SSSR count). The molecule has 134 valence electrons. The van der Waals surface area contributed by atoms with Crippen LogP contribution in [0.5, 0.6) is 0 Å². The Morgan fingerprint density at radius 2 is 2.08 bits per heavy atom. The standard InChI is InChI=1S/C18H22ClN3O3/c1-12(20-11-16(23)14-3-2-4-15(19)8-14)9-21-17-6-5-13(10-22-17)7-18(24)25/h2-6,8,10,12,16,20,23H,7,9,11H2,1H3,(H,21,22)(H,24,25)/t12-,16+/m1/s1. The third-order valence-electron chi connectivity index (χ3n) is 3.66. The first-order chi connectivity index (χ1) is 11.9. The summed E-state index contributed by atoms with van der Waals surface area (Å²) in [7, 11) is 0. The predicted molar refractivity (Wildman–Crippen MR) is 97.9 cm³/mol. The summed E-state index contributed by atoms with van der Waals surface area (Å²) >= 11 is 5.93. The summed E-state index contributed by atoms with van der Waals surface area (Å²) in [5.41, 5.74) is 1.43. The lowest BCUT2D eigenvalue weighted by atomic mass is 10.1. The Balaban J connectivity index is 1.75. The number of aliphatic hydroxyl groups is 1. The zero-order valence-corrected chi connectivity index (χ0v) is 14.7. The van der Waals surface area contributed by atoms with E-state index < -0.39 is 12.1 Å². The van der Waals surface area contributed by atoms with E-state index in [2.05, 4.69) is 15.6 Å². The number of pyridine rings is 1. The summed E-state index contributed by atoms with van der Waals surface area (Å²) in [5.74, 6) is -0.197. The minimum Gasteiger partial charge on any atom is -0.481 e. The molecule has 6 nitrogen and oxygen atoms in total. The van der Waals surface area contributed by atoms with Crippen molar-refractivity contribution in [3.8, 4) is 0 Å². The maximum Gasteiger partial charge on any atom is 0.307 e. The van der Waals surface area contributed by atoms with Crippen LogP contribution in [0.1, 0.15) is 24.2 Å². The van der Waals surface area contributed by atoms with Crippen molar-refractivity contribution in [3.63, 3.8) is 0 Å². The van der Waals surface area contributed by atoms with Crippen LogP contribution in [-0.2, 0) is 11.2 Å². The average Bonchev–Trinajstić information content (AvgIpc) is 2.58. The van der Waals surface area contributed by atoms with E-state index in [1.54, 1.807) is 30.5 Å². The van der Waals surface area contributed by atoms with Crippen LogP contribution in [0.3, 0.4) is 0 Å². The van der Waals surface area contributed by atoms with Gasteiger partial charge in [0.05, 0.1) is 12.5 Å². The van der Waals surface area contributed by atoms with E-state index in [1.165, 1.54) is 0 Å². The van der Waals surface area contributed by atoms with Crippen molar-refractivity contribution < 1.29 is 15.0 Å². The van der Waals surface area contributed by atoms with Gasteiger partial charge in [0.1, 0.15) is 5.82 Å². The molecule has 0 bridgehead atoms. The second-order valence-corrected chi connectivity index (χ2v) is 6.32. The van der Waals surface area contributed by atoms with E-state index in [0.717, 1.165) is 5.56 Å². The van der Waals surface area contributed by atoms with Crippen LogP contribution in [0, 0.1) is 0 Å². The van der Waals surface area contributed by atoms with Crippen LogP contribution < -0.4 is 10.6 Å². The number of aliphatic carboxylic acids is 1. The highest BCUT2D eigenvalue weighted by Gasteiger charge is 2.10. The van der Waals surface area contributed by atoms with Gasteiger partial charge in [-0.15, -0.1) is 0 Å². The second kappa shape index (κ2) is 9.36. The van der Waals surface area contributed by atoms with E-state index in [0.29, 0.717) is 29.5 Å². The molecule has 1 heterocycles. The normalized spacial score (nSPS) is 13.2. The second-order valence-electron chi connectivity index (χ2n) is 5.88. The van der Waals surface area contributed by atoms with Gasteiger partial charge in [-0.25, -0.2) is 4.98 Å². The number of nitrogens with zero attached hydrogens (tertiary/aromatic N) is 1. The number of hydrogen-bond acceptors (Lipinski definition) is 5. The van der Waals surface area contributed by atoms with Crippen molar-refractivity contribution in [1.29, 1.82) is 0 Å². The van der Waals surface area contributed by atoms with Crippen LogP contribution in [0.25, 0.3) is 0 Å². The molecule has 0 aliphatic carbocycles. The summed E-state index contributed by atoms with van der Waals surface area (Å²) in [6.45, 7) is 3.03. The Labute approximate surface area is 151 Å². The van der Waals surface area contributed by atoms with Gasteiger partial charge in [0, 0.05) is 30.4 Å². The number of carboxylic acids is 1. The van der Waals surface area contributed by atoms with Gasteiger partial charge in [0.25, 0.3) is 0 Å². The van der Waals surface area contributed by atoms with Crippen molar-refractivity contribution in [3.05, 3.63) is 58.7 Å². The molecule has 2 aromatic rings. The molecule has 25 heavy (non-hydrogen) atoms. The van der Waals surface area contributed by atoms with Crippen LogP contribution >= 0.6 is 11.6 Å². The Morgan fingerprint density at radius 1 is 1.28 bits per heavy atom. The van der Waals surface area contributed by atoms with Crippen LogP contribution in [0.2, 0.25) is 5.02 Å². The minimum absolute atomic E-state index is 0.0351. The van der Waals surface area contributed by atoms with Crippen molar-refractivity contribution >= 4 is 23.4 Å². The quantitative estimate of drug-likeness (QED) is 0.547. The molecule has 1 aromatic heterocycles. The summed E-state index contributed by atoms with van der Waals surface area (Å²) in [5, 5.41) is 25.9. The molecule has 0 radical (unpaired) electrons. The highest BCUT2D eigenvalue weighted by Crippen LogP contribution is 2.17. The smallest absolute Gasteiger partial charge is 0.307 e. The first-order valence-corrected chi connectivity index (χ1v) is 8.39. The Morgan fingerprint density at radius 3 is 2.72 bits per heavy atom. The lowest BCUT2D eigenvalue weighted by Crippen LogP contribution is -2.35. The number of aromatic nitrogens is 1. The summed E-state index contributed by atoms with van der Waals surface area (Å²) in [6, 6.07) is 10.8. The number of nitrogens with one attached hydrogen (secondary N) is 2. The van der Waals surface area contributed by atoms with E-state index in [4.69, 9.17) is 16.7 Å². The van der Waals surface area contributed by atoms with Gasteiger partial charge in [0.2, 0.25) is 0 Å². The van der Waals surface area contributed by atoms with Gasteiger partial charge in [-0.3, -0.25) is 4.79 Å². The highest BCUT2D eigenvalue weighted by atomic mass is 35.5. The molecule has 0 fully saturated rings. The SMILES string of the molecule is C[C@H](CNc1ccc(CC(=O)O)cn1)NC[C@H](O)c1cccc(Cl)c1. The lowest BCUT2D eigenvalue weighted by molar-refractivity contribution is -0.136. The maximum absolute atomic E-state index is 10.6.